The molecule has 21 heteroatoms. The lowest BCUT2D eigenvalue weighted by Gasteiger charge is -2.44. The van der Waals surface area contributed by atoms with Gasteiger partial charge in [0.2, 0.25) is 5.91 Å². The fourth-order valence-electron chi connectivity index (χ4n) is 10.2. The Hall–Kier alpha value is -7.22. The fourth-order valence-corrected chi connectivity index (χ4v) is 10.2. The molecule has 21 nitrogen and oxygen atoms in total. The van der Waals surface area contributed by atoms with Crippen molar-refractivity contribution in [1.29, 1.82) is 0 Å². The molecular formula is C50H60N14O7. The molecular weight excluding hydrogens is 909 g/mol. The summed E-state index contributed by atoms with van der Waals surface area (Å²) in [4.78, 5) is 35.2. The molecule has 3 aliphatic rings. The first-order chi connectivity index (χ1) is 34.4. The van der Waals surface area contributed by atoms with Gasteiger partial charge in [0.1, 0.15) is 47.1 Å². The average Bonchev–Trinajstić information content (AvgIpc) is 4.19. The predicted octanol–water partition coefficient (Wildman–Crippen LogP) is 2.66. The molecule has 0 aliphatic carbocycles. The quantitative estimate of drug-likeness (QED) is 0.0856. The van der Waals surface area contributed by atoms with Gasteiger partial charge < -0.3 is 44.8 Å². The van der Waals surface area contributed by atoms with Gasteiger partial charge in [0, 0.05) is 92.6 Å². The van der Waals surface area contributed by atoms with Crippen molar-refractivity contribution >= 4 is 23.2 Å². The van der Waals surface area contributed by atoms with Crippen LogP contribution in [0, 0.1) is 12.3 Å². The molecule has 4 N–H and O–H groups in total. The van der Waals surface area contributed by atoms with Crippen LogP contribution in [0.1, 0.15) is 85.0 Å². The molecule has 1 fully saturated rings. The van der Waals surface area contributed by atoms with E-state index in [0.717, 1.165) is 54.2 Å². The third-order valence-electron chi connectivity index (χ3n) is 13.6. The summed E-state index contributed by atoms with van der Waals surface area (Å²) in [6, 6.07) is 19.4. The minimum Gasteiger partial charge on any atom is -0.456 e. The van der Waals surface area contributed by atoms with Crippen molar-refractivity contribution in [2.24, 2.45) is 0 Å². The van der Waals surface area contributed by atoms with Gasteiger partial charge in [-0.1, -0.05) is 51.9 Å². The molecule has 0 saturated carbocycles. The number of terminal acetylenes is 1. The maximum Gasteiger partial charge on any atom is 0.255 e. The van der Waals surface area contributed by atoms with Gasteiger partial charge in [-0.15, -0.1) is 21.7 Å². The Morgan fingerprint density at radius 3 is 1.96 bits per heavy atom. The van der Waals surface area contributed by atoms with Crippen LogP contribution in [0.3, 0.4) is 0 Å². The second kappa shape index (κ2) is 20.6. The number of nitrogens with one attached hydrogen (secondary N) is 1. The summed E-state index contributed by atoms with van der Waals surface area (Å²) in [6.07, 6.45) is 6.00. The molecule has 9 rings (SSSR count). The van der Waals surface area contributed by atoms with Crippen LogP contribution in [0.2, 0.25) is 0 Å². The topological polar surface area (TPSA) is 230 Å². The molecule has 1 saturated heterocycles. The van der Waals surface area contributed by atoms with Crippen molar-refractivity contribution in [3.05, 3.63) is 119 Å². The third-order valence-corrected chi connectivity index (χ3v) is 13.6. The van der Waals surface area contributed by atoms with Crippen LogP contribution in [0.25, 0.3) is 0 Å². The van der Waals surface area contributed by atoms with Crippen LogP contribution in [-0.4, -0.2) is 146 Å². The molecule has 0 bridgehead atoms. The van der Waals surface area contributed by atoms with Gasteiger partial charge in [-0.25, -0.2) is 4.68 Å². The number of carbonyl (C=O) groups excluding carboxylic acids is 2. The number of hydrogen-bond acceptors (Lipinski definition) is 16. The Morgan fingerprint density at radius 2 is 1.37 bits per heavy atom. The minimum atomic E-state index is -1.44. The monoisotopic (exact) mass is 968 g/mol. The summed E-state index contributed by atoms with van der Waals surface area (Å²) in [7, 11) is 0. The molecule has 3 aromatic heterocycles. The van der Waals surface area contributed by atoms with Crippen molar-refractivity contribution in [3.8, 4) is 23.8 Å². The van der Waals surface area contributed by atoms with Crippen LogP contribution in [0.5, 0.6) is 11.5 Å². The van der Waals surface area contributed by atoms with Gasteiger partial charge in [-0.2, -0.15) is 0 Å². The highest BCUT2D eigenvalue weighted by Crippen LogP contribution is 2.58. The zero-order valence-corrected chi connectivity index (χ0v) is 40.5. The number of aryl methyl sites for hydroxylation is 2. The van der Waals surface area contributed by atoms with Gasteiger partial charge in [0.15, 0.2) is 6.23 Å². The Labute approximate surface area is 411 Å². The normalized spacial score (nSPS) is 19.8. The Balaban J connectivity index is 0.921. The van der Waals surface area contributed by atoms with Gasteiger partial charge in [0.05, 0.1) is 56.6 Å². The molecule has 0 radical (unpaired) electrons. The van der Waals surface area contributed by atoms with E-state index in [4.69, 9.17) is 15.9 Å². The summed E-state index contributed by atoms with van der Waals surface area (Å²) < 4.78 is 17.5. The lowest BCUT2D eigenvalue weighted by atomic mass is 9.74. The van der Waals surface area contributed by atoms with Crippen LogP contribution in [0.15, 0.2) is 79.3 Å². The van der Waals surface area contributed by atoms with Crippen LogP contribution in [0.4, 0.5) is 11.4 Å². The molecule has 372 valence electrons. The Kier molecular flexibility index (Phi) is 14.2. The Bertz CT molecular complexity index is 2840. The Morgan fingerprint density at radius 1 is 0.789 bits per heavy atom. The van der Waals surface area contributed by atoms with Gasteiger partial charge in [-0.3, -0.25) is 23.9 Å². The first-order valence-electron chi connectivity index (χ1n) is 24.1. The maximum atomic E-state index is 14.9. The number of carbonyl (C=O) groups is 2. The van der Waals surface area contributed by atoms with Crippen molar-refractivity contribution < 1.29 is 34.4 Å². The highest BCUT2D eigenvalue weighted by Gasteiger charge is 2.56. The zero-order valence-electron chi connectivity index (χ0n) is 40.5. The molecule has 3 aliphatic heterocycles. The van der Waals surface area contributed by atoms with E-state index in [2.05, 4.69) is 122 Å². The van der Waals surface area contributed by atoms with Crippen LogP contribution >= 0.6 is 0 Å². The number of nitrogens with zero attached hydrogens (tertiary/aromatic N) is 13. The summed E-state index contributed by atoms with van der Waals surface area (Å²) >= 11 is 0. The highest BCUT2D eigenvalue weighted by molar-refractivity contribution is 6.02. The predicted molar refractivity (Wildman–Crippen MR) is 260 cm³/mol. The average molecular weight is 969 g/mol. The van der Waals surface area contributed by atoms with E-state index in [1.807, 2.05) is 40.4 Å². The standard InChI is InChI=1S/C50H60N14O7/c1-7-20-58(26-34-30-64(57-54-34)49-45(51-32(6)66)47(68)46(67)44(31-65)71-49)25-33-27-61(55-52-33)21-22-62-28-35(53-56-62)29-63-48(69)38-14-12-13-15-39(38)50(63)40-18-16-36(59(8-2)9-3)23-42(40)70-43-24-37(17-19-41(43)50)60(10-4)11-5/h1,12-19,23-24,27-28,30,44-47,49,65,67-68H,8-11,20-22,25-26,29,31H2,2-6H3,(H,51,66). The molecule has 3 aromatic carbocycles. The zero-order chi connectivity index (χ0) is 50.0. The number of aliphatic hydroxyl groups excluding tert-OH is 3. The lowest BCUT2D eigenvalue weighted by molar-refractivity contribution is -0.219. The highest BCUT2D eigenvalue weighted by atomic mass is 16.5. The molecule has 1 spiro atoms. The van der Waals surface area contributed by atoms with E-state index in [0.29, 0.717) is 53.8 Å². The van der Waals surface area contributed by atoms with Crippen molar-refractivity contribution in [2.45, 2.75) is 103 Å². The van der Waals surface area contributed by atoms with Crippen LogP contribution < -0.4 is 19.9 Å². The van der Waals surface area contributed by atoms with Gasteiger partial charge >= 0.3 is 0 Å². The van der Waals surface area contributed by atoms with Crippen molar-refractivity contribution in [2.75, 3.05) is 49.1 Å². The number of ether oxygens (including phenoxy) is 2. The number of fused-ring (bicyclic) bond motifs is 6. The summed E-state index contributed by atoms with van der Waals surface area (Å²) in [5.41, 5.74) is 6.09. The number of hydrogen-bond donors (Lipinski definition) is 4. The smallest absolute Gasteiger partial charge is 0.255 e. The van der Waals surface area contributed by atoms with Gasteiger partial charge in [0.25, 0.3) is 5.91 Å². The van der Waals surface area contributed by atoms with E-state index in [9.17, 15) is 24.9 Å². The molecule has 6 heterocycles. The van der Waals surface area contributed by atoms with E-state index >= 15 is 0 Å². The third kappa shape index (κ3) is 9.20. The molecule has 2 amide bonds. The number of amides is 2. The fraction of sp³-hybridized carbons (Fsp3) is 0.440. The first-order valence-corrected chi connectivity index (χ1v) is 24.1. The lowest BCUT2D eigenvalue weighted by Crippen LogP contribution is -2.62. The van der Waals surface area contributed by atoms with E-state index < -0.39 is 48.6 Å². The molecule has 71 heavy (non-hydrogen) atoms. The number of benzene rings is 3. The summed E-state index contributed by atoms with van der Waals surface area (Å²) in [6.45, 7) is 14.4. The molecule has 5 unspecified atom stereocenters. The van der Waals surface area contributed by atoms with Crippen LogP contribution in [-0.2, 0) is 47.8 Å². The van der Waals surface area contributed by atoms with Gasteiger partial charge in [-0.05, 0) is 51.5 Å². The SMILES string of the molecule is C#CCN(Cc1cn(CCn2cc(CN3C(=O)c4ccccc4C34c3ccc(N(CC)CC)cc3Oc3cc(N(CC)CC)ccc34)nn2)nn1)Cc1cn(C2OC(CO)C(O)C(O)C2NC(C)=O)nn1. The van der Waals surface area contributed by atoms with E-state index in [-0.39, 0.29) is 25.5 Å². The summed E-state index contributed by atoms with van der Waals surface area (Å²) in [5.74, 6) is 3.51. The summed E-state index contributed by atoms with van der Waals surface area (Å²) in [5, 5.41) is 59.9. The number of anilines is 2. The number of rotatable bonds is 19. The van der Waals surface area contributed by atoms with Crippen molar-refractivity contribution in [1.82, 2.24) is 60.1 Å². The van der Waals surface area contributed by atoms with Crippen molar-refractivity contribution in [3.63, 3.8) is 0 Å². The van der Waals surface area contributed by atoms with E-state index in [1.165, 1.54) is 11.6 Å². The molecule has 5 atom stereocenters. The minimum absolute atomic E-state index is 0.112. The number of aromatic nitrogens is 9. The number of aliphatic hydroxyl groups is 3. The second-order valence-electron chi connectivity index (χ2n) is 17.9. The molecule has 6 aromatic rings. The maximum absolute atomic E-state index is 14.9. The largest absolute Gasteiger partial charge is 0.456 e. The van der Waals surface area contributed by atoms with E-state index in [1.54, 1.807) is 15.6 Å². The first kappa shape index (κ1) is 48.8. The second-order valence-corrected chi connectivity index (χ2v) is 17.9.